The Labute approximate surface area is 346 Å². The SMILES string of the molecule is CCc1c(CC)c(Cc2cc(Cc3ccccc3)c(O)c(Cc3ccccc3)c2)c(CC)c(CC)c1Cc1cc(Cc2ccccc2)c(O)c(Cc2ccccc2)c1. The van der Waals surface area contributed by atoms with Crippen LogP contribution in [0.1, 0.15) is 117 Å². The molecular weight excluding hydrogens is 705 g/mol. The first-order valence-electron chi connectivity index (χ1n) is 21.4. The van der Waals surface area contributed by atoms with Crippen molar-refractivity contribution < 1.29 is 10.2 Å². The fourth-order valence-electron chi connectivity index (χ4n) is 9.31. The van der Waals surface area contributed by atoms with Crippen LogP contribution in [0.4, 0.5) is 0 Å². The van der Waals surface area contributed by atoms with Crippen LogP contribution in [0.5, 0.6) is 11.5 Å². The van der Waals surface area contributed by atoms with Crippen molar-refractivity contribution in [3.8, 4) is 11.5 Å². The highest BCUT2D eigenvalue weighted by molar-refractivity contribution is 5.58. The zero-order valence-electron chi connectivity index (χ0n) is 34.8. The van der Waals surface area contributed by atoms with Gasteiger partial charge in [-0.05, 0) is 128 Å². The molecule has 7 rings (SSSR count). The van der Waals surface area contributed by atoms with Crippen molar-refractivity contribution in [2.24, 2.45) is 0 Å². The molecule has 0 atom stereocenters. The minimum absolute atomic E-state index is 0.411. The van der Waals surface area contributed by atoms with E-state index in [0.29, 0.717) is 37.2 Å². The van der Waals surface area contributed by atoms with Crippen molar-refractivity contribution >= 4 is 0 Å². The third-order valence-electron chi connectivity index (χ3n) is 12.0. The Morgan fingerprint density at radius 3 is 0.707 bits per heavy atom. The van der Waals surface area contributed by atoms with E-state index < -0.39 is 0 Å². The summed E-state index contributed by atoms with van der Waals surface area (Å²) in [6.45, 7) is 9.28. The molecule has 0 aliphatic rings. The standard InChI is InChI=1S/C56H58O2/c1-5-49-50(6-2)54(38-44-35-47(31-41-25-17-11-18-26-41)56(58)48(36-44)32-42-27-19-12-20-28-42)52(8-4)51(7-3)53(49)37-43-33-45(29-39-21-13-9-14-22-39)55(57)46(34-43)30-40-23-15-10-16-24-40/h9-28,33-36,57-58H,5-8,29-32,37-38H2,1-4H3. The molecule has 0 bridgehead atoms. The first kappa shape index (κ1) is 40.3. The van der Waals surface area contributed by atoms with Crippen molar-refractivity contribution in [2.45, 2.75) is 91.9 Å². The zero-order valence-corrected chi connectivity index (χ0v) is 34.8. The van der Waals surface area contributed by atoms with Gasteiger partial charge in [0.25, 0.3) is 0 Å². The van der Waals surface area contributed by atoms with E-state index in [-0.39, 0.29) is 0 Å². The second-order valence-corrected chi connectivity index (χ2v) is 15.8. The summed E-state index contributed by atoms with van der Waals surface area (Å²) in [5.41, 5.74) is 20.1. The Kier molecular flexibility index (Phi) is 13.3. The van der Waals surface area contributed by atoms with Crippen LogP contribution in [0.2, 0.25) is 0 Å². The molecule has 294 valence electrons. The van der Waals surface area contributed by atoms with Gasteiger partial charge in [0.2, 0.25) is 0 Å². The fourth-order valence-corrected chi connectivity index (χ4v) is 9.31. The predicted octanol–water partition coefficient (Wildman–Crippen LogP) is 12.9. The molecular formula is C56H58O2. The van der Waals surface area contributed by atoms with Gasteiger partial charge in [0.15, 0.2) is 0 Å². The lowest BCUT2D eigenvalue weighted by atomic mass is 9.78. The molecule has 0 heterocycles. The van der Waals surface area contributed by atoms with Gasteiger partial charge in [-0.3, -0.25) is 0 Å². The lowest BCUT2D eigenvalue weighted by Crippen LogP contribution is -2.14. The predicted molar refractivity (Wildman–Crippen MR) is 243 cm³/mol. The van der Waals surface area contributed by atoms with Gasteiger partial charge in [-0.25, -0.2) is 0 Å². The molecule has 0 fully saturated rings. The highest BCUT2D eigenvalue weighted by Gasteiger charge is 2.23. The van der Waals surface area contributed by atoms with Gasteiger partial charge in [-0.2, -0.15) is 0 Å². The van der Waals surface area contributed by atoms with Crippen LogP contribution < -0.4 is 0 Å². The topological polar surface area (TPSA) is 40.5 Å². The van der Waals surface area contributed by atoms with E-state index in [1.807, 2.05) is 0 Å². The maximum absolute atomic E-state index is 11.8. The molecule has 2 heteroatoms. The Balaban J connectivity index is 1.33. The van der Waals surface area contributed by atoms with Crippen LogP contribution in [-0.2, 0) is 64.2 Å². The summed E-state index contributed by atoms with van der Waals surface area (Å²) >= 11 is 0. The summed E-state index contributed by atoms with van der Waals surface area (Å²) in [4.78, 5) is 0. The van der Waals surface area contributed by atoms with Crippen LogP contribution in [0.15, 0.2) is 146 Å². The second kappa shape index (κ2) is 19.1. The number of phenolic OH excluding ortho intramolecular Hbond substituents is 2. The smallest absolute Gasteiger partial charge is 0.122 e. The van der Waals surface area contributed by atoms with E-state index in [9.17, 15) is 10.2 Å². The number of phenols is 2. The molecule has 0 radical (unpaired) electrons. The molecule has 0 aromatic heterocycles. The molecule has 7 aromatic rings. The summed E-state index contributed by atoms with van der Waals surface area (Å²) in [7, 11) is 0. The minimum Gasteiger partial charge on any atom is -0.507 e. The van der Waals surface area contributed by atoms with Crippen molar-refractivity contribution in [1.29, 1.82) is 0 Å². The Bertz CT molecular complexity index is 2100. The summed E-state index contributed by atoms with van der Waals surface area (Å²) < 4.78 is 0. The summed E-state index contributed by atoms with van der Waals surface area (Å²) in [6.07, 6.45) is 8.26. The first-order valence-corrected chi connectivity index (χ1v) is 21.4. The average Bonchev–Trinajstić information content (AvgIpc) is 3.25. The third kappa shape index (κ3) is 9.29. The van der Waals surface area contributed by atoms with E-state index in [0.717, 1.165) is 60.8 Å². The highest BCUT2D eigenvalue weighted by atomic mass is 16.3. The molecule has 0 saturated heterocycles. The van der Waals surface area contributed by atoms with E-state index in [1.165, 1.54) is 66.8 Å². The monoisotopic (exact) mass is 762 g/mol. The molecule has 0 aliphatic heterocycles. The fraction of sp³-hybridized carbons (Fsp3) is 0.250. The molecule has 2 nitrogen and oxygen atoms in total. The average molecular weight is 763 g/mol. The largest absolute Gasteiger partial charge is 0.507 e. The van der Waals surface area contributed by atoms with Gasteiger partial charge in [0.1, 0.15) is 11.5 Å². The van der Waals surface area contributed by atoms with Crippen molar-refractivity contribution in [3.05, 3.63) is 235 Å². The van der Waals surface area contributed by atoms with Crippen LogP contribution >= 0.6 is 0 Å². The zero-order chi connectivity index (χ0) is 40.4. The Morgan fingerprint density at radius 1 is 0.276 bits per heavy atom. The molecule has 0 saturated carbocycles. The molecule has 0 unspecified atom stereocenters. The quantitative estimate of drug-likeness (QED) is 0.103. The van der Waals surface area contributed by atoms with E-state index >= 15 is 0 Å². The summed E-state index contributed by atoms with van der Waals surface area (Å²) in [5, 5.41) is 23.5. The summed E-state index contributed by atoms with van der Waals surface area (Å²) in [6, 6.07) is 51.1. The van der Waals surface area contributed by atoms with Crippen molar-refractivity contribution in [2.75, 3.05) is 0 Å². The van der Waals surface area contributed by atoms with Gasteiger partial charge in [-0.1, -0.05) is 173 Å². The number of hydrogen-bond acceptors (Lipinski definition) is 2. The molecule has 0 aliphatic carbocycles. The Morgan fingerprint density at radius 2 is 0.500 bits per heavy atom. The van der Waals surface area contributed by atoms with Crippen LogP contribution in [0, 0.1) is 0 Å². The maximum Gasteiger partial charge on any atom is 0.122 e. The molecule has 7 aromatic carbocycles. The highest BCUT2D eigenvalue weighted by Crippen LogP contribution is 2.37. The number of aromatic hydroxyl groups is 2. The third-order valence-corrected chi connectivity index (χ3v) is 12.0. The molecule has 0 spiro atoms. The second-order valence-electron chi connectivity index (χ2n) is 15.8. The van der Waals surface area contributed by atoms with E-state index in [1.54, 1.807) is 0 Å². The van der Waals surface area contributed by atoms with Gasteiger partial charge >= 0.3 is 0 Å². The lowest BCUT2D eigenvalue weighted by molar-refractivity contribution is 0.463. The minimum atomic E-state index is 0.411. The van der Waals surface area contributed by atoms with Gasteiger partial charge in [-0.15, -0.1) is 0 Å². The van der Waals surface area contributed by atoms with E-state index in [4.69, 9.17) is 0 Å². The lowest BCUT2D eigenvalue weighted by Gasteiger charge is -2.27. The first-order chi connectivity index (χ1) is 28.4. The maximum atomic E-state index is 11.8. The van der Waals surface area contributed by atoms with Gasteiger partial charge in [0.05, 0.1) is 0 Å². The van der Waals surface area contributed by atoms with Crippen molar-refractivity contribution in [3.63, 3.8) is 0 Å². The normalized spacial score (nSPS) is 11.2. The van der Waals surface area contributed by atoms with Crippen molar-refractivity contribution in [1.82, 2.24) is 0 Å². The van der Waals surface area contributed by atoms with Crippen LogP contribution in [-0.4, -0.2) is 10.2 Å². The van der Waals surface area contributed by atoms with Crippen LogP contribution in [0.25, 0.3) is 0 Å². The number of hydrogen-bond donors (Lipinski definition) is 2. The van der Waals surface area contributed by atoms with Gasteiger partial charge < -0.3 is 10.2 Å². The van der Waals surface area contributed by atoms with Gasteiger partial charge in [0, 0.05) is 25.7 Å². The Hall–Kier alpha value is -5.86. The molecule has 58 heavy (non-hydrogen) atoms. The summed E-state index contributed by atoms with van der Waals surface area (Å²) in [5.74, 6) is 0.822. The number of rotatable bonds is 16. The van der Waals surface area contributed by atoms with Crippen LogP contribution in [0.3, 0.4) is 0 Å². The molecule has 0 amide bonds. The van der Waals surface area contributed by atoms with E-state index in [2.05, 4.69) is 173 Å². The molecule has 2 N–H and O–H groups in total. The number of benzene rings is 7.